The van der Waals surface area contributed by atoms with Crippen LogP contribution >= 0.6 is 0 Å². The van der Waals surface area contributed by atoms with E-state index in [-0.39, 0.29) is 5.56 Å². The zero-order valence-corrected chi connectivity index (χ0v) is 13.3. The average Bonchev–Trinajstić information content (AvgIpc) is 2.47. The van der Waals surface area contributed by atoms with Crippen molar-refractivity contribution in [2.24, 2.45) is 0 Å². The monoisotopic (exact) mass is 302 g/mol. The van der Waals surface area contributed by atoms with E-state index in [9.17, 15) is 9.90 Å². The van der Waals surface area contributed by atoms with E-state index in [0.29, 0.717) is 17.0 Å². The van der Waals surface area contributed by atoms with Crippen LogP contribution in [0.5, 0.6) is 0 Å². The number of piperazine rings is 1. The van der Waals surface area contributed by atoms with Crippen LogP contribution < -0.4 is 10.5 Å². The van der Waals surface area contributed by atoms with Gasteiger partial charge in [-0.05, 0) is 32.5 Å². The second-order valence-corrected chi connectivity index (χ2v) is 6.09. The standard InChI is InChI=1S/C16H22N4O2/c1-11-8-13(12(2)21)16-17-14(9-15(22)20(16)10-11)19-6-4-18(3)5-7-19/h8-10,12,21H,4-7H2,1-3H3/t12-/m1/s1. The Morgan fingerprint density at radius 1 is 1.23 bits per heavy atom. The highest BCUT2D eigenvalue weighted by atomic mass is 16.3. The van der Waals surface area contributed by atoms with Crippen LogP contribution in [0, 0.1) is 6.92 Å². The average molecular weight is 302 g/mol. The molecule has 2 aromatic rings. The van der Waals surface area contributed by atoms with Gasteiger partial charge in [0.05, 0.1) is 6.10 Å². The molecule has 1 saturated heterocycles. The predicted octanol–water partition coefficient (Wildman–Crippen LogP) is 0.808. The Kier molecular flexibility index (Phi) is 3.88. The van der Waals surface area contributed by atoms with Crippen LogP contribution in [0.2, 0.25) is 0 Å². The minimum absolute atomic E-state index is 0.107. The van der Waals surface area contributed by atoms with Gasteiger partial charge in [-0.25, -0.2) is 4.98 Å². The molecule has 0 saturated carbocycles. The normalized spacial score (nSPS) is 17.9. The first-order valence-electron chi connectivity index (χ1n) is 7.61. The number of hydrogen-bond donors (Lipinski definition) is 1. The van der Waals surface area contributed by atoms with E-state index in [0.717, 1.165) is 31.7 Å². The van der Waals surface area contributed by atoms with Gasteiger partial charge in [0.25, 0.3) is 5.56 Å². The minimum atomic E-state index is -0.662. The van der Waals surface area contributed by atoms with Crippen molar-refractivity contribution >= 4 is 11.5 Å². The topological polar surface area (TPSA) is 61.1 Å². The van der Waals surface area contributed by atoms with E-state index in [1.165, 1.54) is 4.40 Å². The zero-order valence-electron chi connectivity index (χ0n) is 13.3. The summed E-state index contributed by atoms with van der Waals surface area (Å²) in [5.74, 6) is 0.698. The van der Waals surface area contributed by atoms with Crippen molar-refractivity contribution in [3.63, 3.8) is 0 Å². The molecular weight excluding hydrogens is 280 g/mol. The first-order valence-corrected chi connectivity index (χ1v) is 7.61. The summed E-state index contributed by atoms with van der Waals surface area (Å²) in [4.78, 5) is 21.5. The number of fused-ring (bicyclic) bond motifs is 1. The summed E-state index contributed by atoms with van der Waals surface area (Å²) in [6.45, 7) is 7.23. The lowest BCUT2D eigenvalue weighted by atomic mass is 10.1. The molecular formula is C16H22N4O2. The van der Waals surface area contributed by atoms with Gasteiger partial charge in [-0.1, -0.05) is 0 Å². The van der Waals surface area contributed by atoms with Crippen molar-refractivity contribution in [2.45, 2.75) is 20.0 Å². The maximum atomic E-state index is 12.4. The van der Waals surface area contributed by atoms with Crippen molar-refractivity contribution in [3.05, 3.63) is 39.8 Å². The molecule has 6 nitrogen and oxygen atoms in total. The molecule has 0 aromatic carbocycles. The largest absolute Gasteiger partial charge is 0.389 e. The van der Waals surface area contributed by atoms with Gasteiger partial charge < -0.3 is 14.9 Å². The quantitative estimate of drug-likeness (QED) is 0.889. The van der Waals surface area contributed by atoms with Gasteiger partial charge in [-0.2, -0.15) is 0 Å². The highest BCUT2D eigenvalue weighted by Crippen LogP contribution is 2.20. The molecule has 1 atom stereocenters. The van der Waals surface area contributed by atoms with E-state index in [1.807, 2.05) is 13.0 Å². The summed E-state index contributed by atoms with van der Waals surface area (Å²) in [6, 6.07) is 3.48. The fourth-order valence-corrected chi connectivity index (χ4v) is 2.86. The molecule has 1 aliphatic rings. The SMILES string of the molecule is Cc1cc([C@@H](C)O)c2nc(N3CCN(C)CC3)cc(=O)n2c1. The lowest BCUT2D eigenvalue weighted by Crippen LogP contribution is -2.45. The Morgan fingerprint density at radius 3 is 2.55 bits per heavy atom. The van der Waals surface area contributed by atoms with Gasteiger partial charge in [0.1, 0.15) is 11.5 Å². The summed E-state index contributed by atoms with van der Waals surface area (Å²) in [5.41, 5.74) is 2.05. The molecule has 0 spiro atoms. The van der Waals surface area contributed by atoms with Crippen molar-refractivity contribution < 1.29 is 5.11 Å². The fourth-order valence-electron chi connectivity index (χ4n) is 2.86. The molecule has 1 aliphatic heterocycles. The fraction of sp³-hybridized carbons (Fsp3) is 0.500. The summed E-state index contributed by atoms with van der Waals surface area (Å²) >= 11 is 0. The molecule has 0 amide bonds. The molecule has 3 rings (SSSR count). The number of rotatable bonds is 2. The van der Waals surface area contributed by atoms with Crippen LogP contribution in [0.3, 0.4) is 0 Å². The summed E-state index contributed by atoms with van der Waals surface area (Å²) in [5, 5.41) is 10.00. The van der Waals surface area contributed by atoms with Crippen molar-refractivity contribution in [1.29, 1.82) is 0 Å². The van der Waals surface area contributed by atoms with Crippen LogP contribution in [-0.2, 0) is 0 Å². The van der Waals surface area contributed by atoms with E-state index >= 15 is 0 Å². The molecule has 0 bridgehead atoms. The lowest BCUT2D eigenvalue weighted by molar-refractivity contribution is 0.200. The van der Waals surface area contributed by atoms with E-state index in [4.69, 9.17) is 0 Å². The summed E-state index contributed by atoms with van der Waals surface area (Å²) in [7, 11) is 2.09. The van der Waals surface area contributed by atoms with E-state index in [2.05, 4.69) is 21.8 Å². The molecule has 1 N–H and O–H groups in total. The molecule has 22 heavy (non-hydrogen) atoms. The second-order valence-electron chi connectivity index (χ2n) is 6.09. The van der Waals surface area contributed by atoms with Gasteiger partial charge in [-0.15, -0.1) is 0 Å². The first-order chi connectivity index (χ1) is 10.5. The first kappa shape index (κ1) is 15.0. The zero-order chi connectivity index (χ0) is 15.9. The number of hydrogen-bond acceptors (Lipinski definition) is 5. The number of aryl methyl sites for hydroxylation is 1. The molecule has 2 aromatic heterocycles. The molecule has 0 unspecified atom stereocenters. The van der Waals surface area contributed by atoms with Crippen molar-refractivity contribution in [2.75, 3.05) is 38.1 Å². The van der Waals surface area contributed by atoms with Gasteiger partial charge in [0, 0.05) is 44.0 Å². The number of aromatic nitrogens is 2. The van der Waals surface area contributed by atoms with Crippen LogP contribution in [0.1, 0.15) is 24.2 Å². The number of anilines is 1. The van der Waals surface area contributed by atoms with Gasteiger partial charge in [-0.3, -0.25) is 9.20 Å². The van der Waals surface area contributed by atoms with E-state index in [1.54, 1.807) is 19.2 Å². The Labute approximate surface area is 129 Å². The minimum Gasteiger partial charge on any atom is -0.389 e. The Balaban J connectivity index is 2.13. The number of aliphatic hydroxyl groups excluding tert-OH is 1. The molecule has 3 heterocycles. The van der Waals surface area contributed by atoms with Crippen molar-refractivity contribution in [1.82, 2.24) is 14.3 Å². The maximum absolute atomic E-state index is 12.4. The predicted molar refractivity (Wildman–Crippen MR) is 86.5 cm³/mol. The van der Waals surface area contributed by atoms with Crippen LogP contribution in [0.25, 0.3) is 5.65 Å². The molecule has 0 aliphatic carbocycles. The number of pyridine rings is 1. The third-order valence-electron chi connectivity index (χ3n) is 4.19. The van der Waals surface area contributed by atoms with Crippen LogP contribution in [0.4, 0.5) is 5.82 Å². The van der Waals surface area contributed by atoms with Gasteiger partial charge in [0.15, 0.2) is 0 Å². The Hall–Kier alpha value is -1.92. The molecule has 6 heteroatoms. The lowest BCUT2D eigenvalue weighted by Gasteiger charge is -2.33. The van der Waals surface area contributed by atoms with Crippen LogP contribution in [-0.4, -0.2) is 52.6 Å². The number of aliphatic hydroxyl groups is 1. The highest BCUT2D eigenvalue weighted by molar-refractivity contribution is 5.55. The number of likely N-dealkylation sites (N-methyl/N-ethyl adjacent to an activating group) is 1. The molecule has 0 radical (unpaired) electrons. The van der Waals surface area contributed by atoms with Gasteiger partial charge in [0.2, 0.25) is 0 Å². The van der Waals surface area contributed by atoms with Crippen molar-refractivity contribution in [3.8, 4) is 0 Å². The third-order valence-corrected chi connectivity index (χ3v) is 4.19. The Bertz CT molecular complexity index is 746. The summed E-state index contributed by atoms with van der Waals surface area (Å²) < 4.78 is 1.52. The Morgan fingerprint density at radius 2 is 1.91 bits per heavy atom. The molecule has 1 fully saturated rings. The maximum Gasteiger partial charge on any atom is 0.259 e. The smallest absolute Gasteiger partial charge is 0.259 e. The second kappa shape index (κ2) is 5.70. The highest BCUT2D eigenvalue weighted by Gasteiger charge is 2.18. The molecule has 118 valence electrons. The third kappa shape index (κ3) is 2.71. The number of nitrogens with zero attached hydrogens (tertiary/aromatic N) is 4. The van der Waals surface area contributed by atoms with Crippen LogP contribution in [0.15, 0.2) is 23.1 Å². The summed E-state index contributed by atoms with van der Waals surface area (Å²) in [6.07, 6.45) is 1.11. The van der Waals surface area contributed by atoms with Gasteiger partial charge >= 0.3 is 0 Å². The van der Waals surface area contributed by atoms with E-state index < -0.39 is 6.10 Å².